The molecule has 2 heterocycles. The molecule has 2 aromatic rings. The molecule has 1 fully saturated rings. The highest BCUT2D eigenvalue weighted by atomic mass is 35.5. The van der Waals surface area contributed by atoms with Gasteiger partial charge in [-0.3, -0.25) is 9.69 Å². The fourth-order valence-electron chi connectivity index (χ4n) is 4.25. The Morgan fingerprint density at radius 1 is 1.30 bits per heavy atom. The van der Waals surface area contributed by atoms with E-state index in [0.29, 0.717) is 29.4 Å². The van der Waals surface area contributed by atoms with Gasteiger partial charge in [0.2, 0.25) is 0 Å². The van der Waals surface area contributed by atoms with Crippen LogP contribution in [-0.2, 0) is 4.79 Å². The van der Waals surface area contributed by atoms with Crippen LogP contribution >= 0.6 is 20.8 Å². The van der Waals surface area contributed by atoms with E-state index >= 15 is 0 Å². The highest BCUT2D eigenvalue weighted by Gasteiger charge is 2.31. The number of nitrogens with zero attached hydrogens (tertiary/aromatic N) is 1. The van der Waals surface area contributed by atoms with Crippen molar-refractivity contribution in [3.8, 4) is 11.1 Å². The first-order valence-electron chi connectivity index (χ1n) is 9.67. The second-order valence-corrected chi connectivity index (χ2v) is 9.15. The fraction of sp³-hybridized carbons (Fsp3) is 0.318. The van der Waals surface area contributed by atoms with Gasteiger partial charge in [0.05, 0.1) is 22.8 Å². The van der Waals surface area contributed by atoms with Gasteiger partial charge in [0.25, 0.3) is 11.6 Å². The number of hydrogen-bond donors (Lipinski definition) is 2. The zero-order chi connectivity index (χ0) is 21.6. The van der Waals surface area contributed by atoms with Crippen LogP contribution in [0.15, 0.2) is 42.2 Å². The summed E-state index contributed by atoms with van der Waals surface area (Å²) in [6.45, 7) is 2.50. The number of allylic oxidation sites excluding steroid dienone is 1. The smallest absolute Gasteiger partial charge is 0.271 e. The molecule has 8 heteroatoms. The number of aliphatic hydroxyl groups is 1. The number of aliphatic hydroxyl groups excluding tert-OH is 1. The molecule has 0 aliphatic carbocycles. The summed E-state index contributed by atoms with van der Waals surface area (Å²) in [5.74, 6) is -0.178. The highest BCUT2D eigenvalue weighted by molar-refractivity contribution is 7.18. The number of alkyl halides is 2. The van der Waals surface area contributed by atoms with E-state index in [1.807, 2.05) is 24.3 Å². The Balaban J connectivity index is 1.57. The topological polar surface area (TPSA) is 52.6 Å². The van der Waals surface area contributed by atoms with Crippen molar-refractivity contribution in [2.45, 2.75) is 24.9 Å². The Labute approximate surface area is 181 Å². The zero-order valence-corrected chi connectivity index (χ0v) is 18.3. The molecule has 1 amide bonds. The number of carbonyl (C=O) groups excluding carboxylic acids is 1. The number of benzene rings is 2. The first-order chi connectivity index (χ1) is 14.1. The van der Waals surface area contributed by atoms with Crippen LogP contribution in [-0.4, -0.2) is 41.2 Å². The molecule has 2 aliphatic heterocycles. The molecule has 0 saturated carbocycles. The number of nitrogens with one attached hydrogen (secondary N) is 1. The number of carbonyl (C=O) groups is 1. The van der Waals surface area contributed by atoms with Gasteiger partial charge < -0.3 is 10.4 Å². The number of rotatable bonds is 4. The molecule has 2 N–H and O–H groups in total. The average molecular weight is 451 g/mol. The quantitative estimate of drug-likeness (QED) is 0.367. The van der Waals surface area contributed by atoms with Crippen LogP contribution in [0.1, 0.15) is 30.4 Å². The summed E-state index contributed by atoms with van der Waals surface area (Å²) in [4.78, 5) is 13.9. The summed E-state index contributed by atoms with van der Waals surface area (Å²) in [6.07, 6.45) is 0.845. The number of amides is 1. The lowest BCUT2D eigenvalue weighted by atomic mass is 9.94. The summed E-state index contributed by atoms with van der Waals surface area (Å²) in [5, 5.41) is 13.1. The van der Waals surface area contributed by atoms with E-state index in [9.17, 15) is 18.7 Å². The van der Waals surface area contributed by atoms with Gasteiger partial charge in [0, 0.05) is 17.7 Å². The number of halogens is 3. The second kappa shape index (κ2) is 7.92. The number of fused-ring (bicyclic) bond motifs is 1. The summed E-state index contributed by atoms with van der Waals surface area (Å²) in [7, 11) is 1.60. The van der Waals surface area contributed by atoms with Gasteiger partial charge in [-0.25, -0.2) is 8.78 Å². The molecule has 158 valence electrons. The number of hydrogen-bond acceptors (Lipinski definition) is 3. The van der Waals surface area contributed by atoms with Crippen molar-refractivity contribution in [1.82, 2.24) is 4.90 Å². The van der Waals surface area contributed by atoms with Crippen molar-refractivity contribution in [3.63, 3.8) is 0 Å². The molecular weight excluding hydrogens is 429 g/mol. The van der Waals surface area contributed by atoms with Crippen LogP contribution in [0, 0.1) is 0 Å². The zero-order valence-electron chi connectivity index (χ0n) is 16.4. The monoisotopic (exact) mass is 450 g/mol. The van der Waals surface area contributed by atoms with E-state index in [-0.39, 0.29) is 29.7 Å². The van der Waals surface area contributed by atoms with E-state index in [2.05, 4.69) is 5.32 Å². The molecule has 0 radical (unpaired) electrons. The van der Waals surface area contributed by atoms with Gasteiger partial charge in [0.15, 0.2) is 0 Å². The predicted octanol–water partition coefficient (Wildman–Crippen LogP) is 5.51. The molecule has 2 atom stereocenters. The van der Waals surface area contributed by atoms with E-state index in [1.165, 1.54) is 6.92 Å². The van der Waals surface area contributed by atoms with Crippen LogP contribution in [0.25, 0.3) is 16.7 Å². The number of likely N-dealkylation sites (tertiary alicyclic amines) is 1. The lowest BCUT2D eigenvalue weighted by Gasteiger charge is -2.20. The summed E-state index contributed by atoms with van der Waals surface area (Å²) in [6, 6.07) is 11.4. The first kappa shape index (κ1) is 21.2. The normalized spacial score (nSPS) is 21.0. The summed E-state index contributed by atoms with van der Waals surface area (Å²) in [5.41, 5.74) is 1.42. The van der Waals surface area contributed by atoms with Crippen LogP contribution in [0.2, 0.25) is 5.02 Å². The van der Waals surface area contributed by atoms with Crippen LogP contribution in [0.5, 0.6) is 0 Å². The van der Waals surface area contributed by atoms with E-state index in [0.717, 1.165) is 23.1 Å². The molecule has 4 nitrogen and oxygen atoms in total. The standard InChI is InChI=1S/C22H22ClF2N2O2P/c1-12(28)20-17-8-16(18(23)9-19(17)26-21(20)29)14-4-2-13(3-5-14)15-6-7-27(10-15)11-22(24,25)30/h2-5,8-9,15,28H,6-7,10-11,30H2,1H3,(H,26,29)/b20-12+. The predicted molar refractivity (Wildman–Crippen MR) is 119 cm³/mol. The maximum absolute atomic E-state index is 13.2. The van der Waals surface area contributed by atoms with Crippen molar-refractivity contribution < 1.29 is 18.7 Å². The minimum absolute atomic E-state index is 0.0447. The largest absolute Gasteiger partial charge is 0.512 e. The van der Waals surface area contributed by atoms with Gasteiger partial charge in [-0.05, 0) is 49.1 Å². The highest BCUT2D eigenvalue weighted by Crippen LogP contribution is 2.41. The van der Waals surface area contributed by atoms with E-state index in [4.69, 9.17) is 11.6 Å². The minimum atomic E-state index is -2.76. The molecule has 0 spiro atoms. The summed E-state index contributed by atoms with van der Waals surface area (Å²) >= 11 is 6.46. The molecule has 30 heavy (non-hydrogen) atoms. The fourth-order valence-corrected chi connectivity index (χ4v) is 4.78. The number of anilines is 1. The molecule has 2 aliphatic rings. The van der Waals surface area contributed by atoms with E-state index < -0.39 is 5.66 Å². The molecule has 0 aromatic heterocycles. The van der Waals surface area contributed by atoms with Gasteiger partial charge in [0.1, 0.15) is 5.76 Å². The van der Waals surface area contributed by atoms with Crippen molar-refractivity contribution in [3.05, 3.63) is 58.3 Å². The first-order valence-corrected chi connectivity index (χ1v) is 10.6. The van der Waals surface area contributed by atoms with Crippen LogP contribution in [0.4, 0.5) is 14.5 Å². The molecule has 2 unspecified atom stereocenters. The molecule has 1 saturated heterocycles. The van der Waals surface area contributed by atoms with Crippen molar-refractivity contribution in [2.75, 3.05) is 25.0 Å². The van der Waals surface area contributed by atoms with Gasteiger partial charge in [-0.15, -0.1) is 0 Å². The van der Waals surface area contributed by atoms with Gasteiger partial charge in [-0.1, -0.05) is 45.1 Å². The Morgan fingerprint density at radius 2 is 2.00 bits per heavy atom. The Kier molecular flexibility index (Phi) is 5.60. The van der Waals surface area contributed by atoms with Crippen molar-refractivity contribution in [2.24, 2.45) is 0 Å². The van der Waals surface area contributed by atoms with Crippen LogP contribution in [0.3, 0.4) is 0 Å². The van der Waals surface area contributed by atoms with Gasteiger partial charge in [-0.2, -0.15) is 0 Å². The average Bonchev–Trinajstić information content (AvgIpc) is 3.22. The maximum Gasteiger partial charge on any atom is 0.271 e. The Bertz CT molecular complexity index is 1030. The molecule has 0 bridgehead atoms. The van der Waals surface area contributed by atoms with Gasteiger partial charge >= 0.3 is 0 Å². The third kappa shape index (κ3) is 4.22. The molecular formula is C22H22ClF2N2O2P. The minimum Gasteiger partial charge on any atom is -0.512 e. The Hall–Kier alpha value is -2.01. The van der Waals surface area contributed by atoms with E-state index in [1.54, 1.807) is 26.3 Å². The lowest BCUT2D eigenvalue weighted by molar-refractivity contribution is -0.110. The SMILES string of the molecule is C/C(O)=C1\C(=O)Nc2cc(Cl)c(-c3ccc(C4CCN(CC(F)(F)P)C4)cc3)cc21. The summed E-state index contributed by atoms with van der Waals surface area (Å²) < 4.78 is 26.5. The van der Waals surface area contributed by atoms with Crippen LogP contribution < -0.4 is 5.32 Å². The van der Waals surface area contributed by atoms with Crippen molar-refractivity contribution in [1.29, 1.82) is 0 Å². The maximum atomic E-state index is 13.2. The second-order valence-electron chi connectivity index (χ2n) is 7.90. The third-order valence-corrected chi connectivity index (χ3v) is 6.11. The lowest BCUT2D eigenvalue weighted by Crippen LogP contribution is -2.31. The third-order valence-electron chi connectivity index (χ3n) is 5.61. The molecule has 2 aromatic carbocycles. The Morgan fingerprint density at radius 3 is 2.63 bits per heavy atom. The molecule has 4 rings (SSSR count). The van der Waals surface area contributed by atoms with Crippen molar-refractivity contribution >= 4 is 38.0 Å².